The molecule has 0 saturated carbocycles. The molecule has 10 heteroatoms. The minimum Gasteiger partial charge on any atom is -0.492 e. The summed E-state index contributed by atoms with van der Waals surface area (Å²) in [7, 11) is 0. The zero-order valence-electron chi connectivity index (χ0n) is 20.9. The van der Waals surface area contributed by atoms with E-state index in [1.807, 2.05) is 13.8 Å². The largest absolute Gasteiger partial charge is 0.492 e. The molecule has 4 rings (SSSR count). The van der Waals surface area contributed by atoms with Crippen LogP contribution in [0.1, 0.15) is 26.7 Å². The minimum atomic E-state index is -0.746. The van der Waals surface area contributed by atoms with E-state index >= 15 is 0 Å². The summed E-state index contributed by atoms with van der Waals surface area (Å²) in [5, 5.41) is 5.61. The lowest BCUT2D eigenvalue weighted by molar-refractivity contribution is -0.128. The van der Waals surface area contributed by atoms with Gasteiger partial charge in [-0.2, -0.15) is 9.37 Å². The van der Waals surface area contributed by atoms with E-state index in [1.54, 1.807) is 47.4 Å². The number of benzene rings is 2. The summed E-state index contributed by atoms with van der Waals surface area (Å²) < 4.78 is 25.7. The number of halogens is 1. The normalized spacial score (nSPS) is 12.3. The maximum absolute atomic E-state index is 14.3. The predicted octanol–water partition coefficient (Wildman–Crippen LogP) is 5.30. The fourth-order valence-corrected chi connectivity index (χ4v) is 3.43. The highest BCUT2D eigenvalue weighted by Gasteiger charge is 2.19. The third-order valence-electron chi connectivity index (χ3n) is 5.10. The maximum Gasteiger partial charge on any atom is 0.260 e. The topological polar surface area (TPSA) is 106 Å². The molecule has 0 aliphatic carbocycles. The van der Waals surface area contributed by atoms with Crippen molar-refractivity contribution in [2.45, 2.75) is 26.7 Å². The van der Waals surface area contributed by atoms with E-state index in [9.17, 15) is 14.0 Å². The molecule has 0 unspecified atom stereocenters. The highest BCUT2D eigenvalue weighted by molar-refractivity contribution is 5.98. The van der Waals surface area contributed by atoms with E-state index in [4.69, 9.17) is 9.47 Å². The van der Waals surface area contributed by atoms with Gasteiger partial charge in [0.25, 0.3) is 5.88 Å². The minimum absolute atomic E-state index is 0.123. The molecule has 3 aromatic rings. The van der Waals surface area contributed by atoms with Crippen LogP contribution in [0.2, 0.25) is 0 Å². The van der Waals surface area contributed by atoms with Crippen molar-refractivity contribution in [1.29, 1.82) is 0 Å². The molecule has 2 aromatic carbocycles. The number of aromatic nitrogens is 2. The van der Waals surface area contributed by atoms with E-state index in [2.05, 4.69) is 27.2 Å². The van der Waals surface area contributed by atoms with Crippen LogP contribution in [0.15, 0.2) is 67.4 Å². The van der Waals surface area contributed by atoms with E-state index in [0.717, 1.165) is 25.2 Å². The summed E-state index contributed by atoms with van der Waals surface area (Å²) in [6.45, 7) is 9.09. The first kappa shape index (κ1) is 27.1. The van der Waals surface area contributed by atoms with Gasteiger partial charge in [-0.15, -0.1) is 0 Å². The Labute approximate surface area is 215 Å². The van der Waals surface area contributed by atoms with Crippen molar-refractivity contribution in [3.63, 3.8) is 0 Å². The molecule has 2 heterocycles. The Hall–Kier alpha value is -4.47. The molecule has 2 amide bonds. The van der Waals surface area contributed by atoms with E-state index in [-0.39, 0.29) is 29.4 Å². The summed E-state index contributed by atoms with van der Waals surface area (Å²) >= 11 is 0. The van der Waals surface area contributed by atoms with Crippen LogP contribution in [0.25, 0.3) is 0 Å². The highest BCUT2D eigenvalue weighted by atomic mass is 19.1. The van der Waals surface area contributed by atoms with Gasteiger partial charge in [-0.05, 0) is 36.8 Å². The molecule has 1 aromatic heterocycles. The van der Waals surface area contributed by atoms with E-state index in [0.29, 0.717) is 36.7 Å². The number of nitrogens with one attached hydrogen (secondary N) is 2. The summed E-state index contributed by atoms with van der Waals surface area (Å²) in [6, 6.07) is 13.6. The Kier molecular flexibility index (Phi) is 9.95. The first-order chi connectivity index (χ1) is 18.0. The molecule has 1 aliphatic rings. The van der Waals surface area contributed by atoms with Crippen molar-refractivity contribution in [1.82, 2.24) is 14.9 Å². The molecule has 9 nitrogen and oxygen atoms in total. The van der Waals surface area contributed by atoms with Crippen molar-refractivity contribution in [3.05, 3.63) is 73.2 Å². The number of ether oxygens (including phenoxy) is 2. The van der Waals surface area contributed by atoms with Gasteiger partial charge in [0, 0.05) is 36.5 Å². The molecular weight excluding hydrogens is 477 g/mol. The molecule has 2 N–H and O–H groups in total. The lowest BCUT2D eigenvalue weighted by atomic mass is 10.3. The fraction of sp³-hybridized carbons (Fsp3) is 0.259. The summed E-state index contributed by atoms with van der Waals surface area (Å²) in [5.74, 6) is -0.235. The number of carbonyl (C=O) groups excluding carboxylic acids is 2. The molecule has 37 heavy (non-hydrogen) atoms. The van der Waals surface area contributed by atoms with E-state index < -0.39 is 5.82 Å². The lowest BCUT2D eigenvalue weighted by Gasteiger charge is -2.16. The molecular formula is C27H30FN5O4. The van der Waals surface area contributed by atoms with Crippen LogP contribution >= 0.6 is 0 Å². The van der Waals surface area contributed by atoms with Gasteiger partial charge in [-0.25, -0.2) is 4.98 Å². The Morgan fingerprint density at radius 1 is 1.16 bits per heavy atom. The molecule has 0 spiro atoms. The smallest absolute Gasteiger partial charge is 0.260 e. The maximum atomic E-state index is 14.3. The van der Waals surface area contributed by atoms with Crippen LogP contribution in [0.4, 0.5) is 21.7 Å². The van der Waals surface area contributed by atoms with Crippen molar-refractivity contribution < 1.29 is 23.5 Å². The van der Waals surface area contributed by atoms with Crippen molar-refractivity contribution in [2.75, 3.05) is 30.3 Å². The van der Waals surface area contributed by atoms with Crippen LogP contribution in [0.5, 0.6) is 17.4 Å². The second-order valence-electron chi connectivity index (χ2n) is 7.66. The first-order valence-corrected chi connectivity index (χ1v) is 12.0. The monoisotopic (exact) mass is 507 g/mol. The zero-order chi connectivity index (χ0) is 26.6. The van der Waals surface area contributed by atoms with Gasteiger partial charge in [0.1, 0.15) is 18.1 Å². The quantitative estimate of drug-likeness (QED) is 0.359. The van der Waals surface area contributed by atoms with Gasteiger partial charge >= 0.3 is 0 Å². The second kappa shape index (κ2) is 13.6. The average Bonchev–Trinajstić information content (AvgIpc) is 3.32. The standard InChI is InChI=1S/C25H24FN5O4.C2H6/c1-2-22(32)28-17-6-4-9-20(15-17)35-24-21(26)16-27-25(30-24)29-18-7-3-8-19(14-18)34-13-12-31-11-5-10-23(31)33;1-2/h2-4,6-9,14-16H,1,5,10-13H2,(H,28,32)(H,27,29,30);1-2H3. The Morgan fingerprint density at radius 2 is 1.89 bits per heavy atom. The van der Waals surface area contributed by atoms with Crippen LogP contribution < -0.4 is 20.1 Å². The van der Waals surface area contributed by atoms with Crippen LogP contribution in [0, 0.1) is 5.82 Å². The van der Waals surface area contributed by atoms with Crippen LogP contribution in [-0.4, -0.2) is 46.4 Å². The van der Waals surface area contributed by atoms with Crippen LogP contribution in [0.3, 0.4) is 0 Å². The molecule has 1 aliphatic heterocycles. The van der Waals surface area contributed by atoms with Crippen molar-refractivity contribution in [2.24, 2.45) is 0 Å². The molecule has 194 valence electrons. The van der Waals surface area contributed by atoms with Gasteiger partial charge in [0.15, 0.2) is 0 Å². The number of hydrogen-bond acceptors (Lipinski definition) is 7. The van der Waals surface area contributed by atoms with E-state index in [1.165, 1.54) is 6.07 Å². The number of hydrogen-bond donors (Lipinski definition) is 2. The zero-order valence-corrected chi connectivity index (χ0v) is 20.9. The summed E-state index contributed by atoms with van der Waals surface area (Å²) in [5.41, 5.74) is 1.09. The van der Waals surface area contributed by atoms with Gasteiger partial charge < -0.3 is 25.0 Å². The Morgan fingerprint density at radius 3 is 2.62 bits per heavy atom. The second-order valence-corrected chi connectivity index (χ2v) is 7.66. The number of carbonyl (C=O) groups is 2. The van der Waals surface area contributed by atoms with Crippen LogP contribution in [-0.2, 0) is 9.59 Å². The Balaban J connectivity index is 0.00000186. The fourth-order valence-electron chi connectivity index (χ4n) is 3.43. The SMILES string of the molecule is C=CC(=O)Nc1cccc(Oc2nc(Nc3cccc(OCCN4CCCC4=O)c3)ncc2F)c1.CC. The van der Waals surface area contributed by atoms with Gasteiger partial charge in [0.05, 0.1) is 12.7 Å². The number of nitrogens with zero attached hydrogens (tertiary/aromatic N) is 3. The third-order valence-corrected chi connectivity index (χ3v) is 5.10. The highest BCUT2D eigenvalue weighted by Crippen LogP contribution is 2.27. The molecule has 1 saturated heterocycles. The predicted molar refractivity (Wildman–Crippen MR) is 140 cm³/mol. The number of amides is 2. The molecule has 0 atom stereocenters. The lowest BCUT2D eigenvalue weighted by Crippen LogP contribution is -2.29. The van der Waals surface area contributed by atoms with Crippen molar-refractivity contribution in [3.8, 4) is 17.4 Å². The molecule has 0 bridgehead atoms. The number of rotatable bonds is 10. The number of anilines is 3. The molecule has 0 radical (unpaired) electrons. The first-order valence-electron chi connectivity index (χ1n) is 12.0. The van der Waals surface area contributed by atoms with Gasteiger partial charge in [-0.1, -0.05) is 32.6 Å². The third kappa shape index (κ3) is 8.03. The van der Waals surface area contributed by atoms with Crippen molar-refractivity contribution >= 4 is 29.1 Å². The Bertz CT molecular complexity index is 1240. The summed E-state index contributed by atoms with van der Waals surface area (Å²) in [6.07, 6.45) is 3.63. The summed E-state index contributed by atoms with van der Waals surface area (Å²) in [4.78, 5) is 33.1. The average molecular weight is 508 g/mol. The number of likely N-dealkylation sites (tertiary alicyclic amines) is 1. The molecule has 1 fully saturated rings. The van der Waals surface area contributed by atoms with Gasteiger partial charge in [-0.3, -0.25) is 9.59 Å². The van der Waals surface area contributed by atoms with Gasteiger partial charge in [0.2, 0.25) is 23.6 Å².